The van der Waals surface area contributed by atoms with E-state index in [0.29, 0.717) is 11.1 Å². The van der Waals surface area contributed by atoms with Crippen molar-refractivity contribution < 1.29 is 9.15 Å². The fourth-order valence-electron chi connectivity index (χ4n) is 2.13. The Morgan fingerprint density at radius 3 is 2.93 bits per heavy atom. The molecule has 2 rings (SSSR count). The van der Waals surface area contributed by atoms with Crippen LogP contribution in [0, 0.1) is 5.92 Å². The van der Waals surface area contributed by atoms with E-state index in [4.69, 9.17) is 20.8 Å². The Morgan fingerprint density at radius 2 is 2.40 bits per heavy atom. The summed E-state index contributed by atoms with van der Waals surface area (Å²) in [5.41, 5.74) is 0. The summed E-state index contributed by atoms with van der Waals surface area (Å²) >= 11 is 5.77. The molecule has 0 aromatic carbocycles. The van der Waals surface area contributed by atoms with Gasteiger partial charge in [-0.05, 0) is 43.6 Å². The average molecular weight is 230 g/mol. The standard InChI is InChI=1S/C11H16ClNO2/c1-13-11(8-3-2-6-14-7-8)9-4-5-10(12)15-9/h4-5,8,11,13H,2-3,6-7H2,1H3. The average Bonchev–Trinajstić information content (AvgIpc) is 2.68. The Balaban J connectivity index is 2.08. The lowest BCUT2D eigenvalue weighted by Gasteiger charge is -2.28. The van der Waals surface area contributed by atoms with E-state index < -0.39 is 0 Å². The van der Waals surface area contributed by atoms with Gasteiger partial charge in [0.1, 0.15) is 5.76 Å². The highest BCUT2D eigenvalue weighted by Gasteiger charge is 2.26. The third-order valence-electron chi connectivity index (χ3n) is 2.88. The number of hydrogen-bond acceptors (Lipinski definition) is 3. The Kier molecular flexibility index (Phi) is 3.67. The first-order valence-corrected chi connectivity index (χ1v) is 5.69. The number of furan rings is 1. The smallest absolute Gasteiger partial charge is 0.193 e. The van der Waals surface area contributed by atoms with Crippen molar-refractivity contribution in [3.8, 4) is 0 Å². The maximum atomic E-state index is 5.77. The van der Waals surface area contributed by atoms with E-state index in [1.165, 1.54) is 6.42 Å². The quantitative estimate of drug-likeness (QED) is 0.865. The summed E-state index contributed by atoms with van der Waals surface area (Å²) in [5, 5.41) is 3.72. The predicted molar refractivity (Wildman–Crippen MR) is 59.1 cm³/mol. The number of ether oxygens (including phenoxy) is 1. The summed E-state index contributed by atoms with van der Waals surface area (Å²) in [4.78, 5) is 0. The molecular weight excluding hydrogens is 214 g/mol. The van der Waals surface area contributed by atoms with Crippen LogP contribution in [0.15, 0.2) is 16.5 Å². The minimum atomic E-state index is 0.206. The van der Waals surface area contributed by atoms with Crippen LogP contribution in [-0.2, 0) is 4.74 Å². The molecule has 4 heteroatoms. The van der Waals surface area contributed by atoms with E-state index in [0.717, 1.165) is 25.4 Å². The van der Waals surface area contributed by atoms with E-state index in [-0.39, 0.29) is 6.04 Å². The Bertz CT molecular complexity index is 307. The van der Waals surface area contributed by atoms with Gasteiger partial charge in [-0.15, -0.1) is 0 Å². The molecule has 1 saturated heterocycles. The molecule has 1 N–H and O–H groups in total. The molecule has 2 heterocycles. The molecule has 2 unspecified atom stereocenters. The first-order chi connectivity index (χ1) is 7.31. The van der Waals surface area contributed by atoms with Crippen LogP contribution in [0.4, 0.5) is 0 Å². The van der Waals surface area contributed by atoms with Crippen molar-refractivity contribution in [3.63, 3.8) is 0 Å². The molecule has 15 heavy (non-hydrogen) atoms. The van der Waals surface area contributed by atoms with E-state index >= 15 is 0 Å². The van der Waals surface area contributed by atoms with Gasteiger partial charge in [0.25, 0.3) is 0 Å². The zero-order valence-electron chi connectivity index (χ0n) is 8.83. The monoisotopic (exact) mass is 229 g/mol. The minimum Gasteiger partial charge on any atom is -0.448 e. The summed E-state index contributed by atoms with van der Waals surface area (Å²) in [6.07, 6.45) is 2.29. The van der Waals surface area contributed by atoms with Gasteiger partial charge in [-0.2, -0.15) is 0 Å². The predicted octanol–water partition coefficient (Wildman–Crippen LogP) is 2.62. The summed E-state index contributed by atoms with van der Waals surface area (Å²) in [6.45, 7) is 1.68. The van der Waals surface area contributed by atoms with Crippen molar-refractivity contribution in [3.05, 3.63) is 23.1 Å². The van der Waals surface area contributed by atoms with Crippen molar-refractivity contribution in [2.75, 3.05) is 20.3 Å². The number of halogens is 1. The van der Waals surface area contributed by atoms with Crippen LogP contribution in [0.25, 0.3) is 0 Å². The molecule has 84 valence electrons. The van der Waals surface area contributed by atoms with Crippen LogP contribution < -0.4 is 5.32 Å². The summed E-state index contributed by atoms with van der Waals surface area (Å²) in [7, 11) is 1.94. The molecule has 3 nitrogen and oxygen atoms in total. The van der Waals surface area contributed by atoms with Crippen molar-refractivity contribution in [2.24, 2.45) is 5.92 Å². The zero-order valence-corrected chi connectivity index (χ0v) is 9.59. The van der Waals surface area contributed by atoms with E-state index in [9.17, 15) is 0 Å². The first kappa shape index (κ1) is 11.0. The van der Waals surface area contributed by atoms with Crippen LogP contribution in [0.5, 0.6) is 0 Å². The van der Waals surface area contributed by atoms with E-state index in [1.54, 1.807) is 6.07 Å². The lowest BCUT2D eigenvalue weighted by Crippen LogP contribution is -2.31. The highest BCUT2D eigenvalue weighted by Crippen LogP contribution is 2.30. The van der Waals surface area contributed by atoms with E-state index in [2.05, 4.69) is 5.32 Å². The van der Waals surface area contributed by atoms with Gasteiger partial charge >= 0.3 is 0 Å². The van der Waals surface area contributed by atoms with Gasteiger partial charge in [0.15, 0.2) is 5.22 Å². The molecule has 1 aromatic rings. The molecule has 1 aliphatic rings. The zero-order chi connectivity index (χ0) is 10.7. The lowest BCUT2D eigenvalue weighted by atomic mass is 9.92. The fraction of sp³-hybridized carbons (Fsp3) is 0.636. The molecule has 2 atom stereocenters. The van der Waals surface area contributed by atoms with Crippen LogP contribution in [0.2, 0.25) is 5.22 Å². The number of rotatable bonds is 3. The Labute approximate surface area is 94.7 Å². The maximum absolute atomic E-state index is 5.77. The second-order valence-electron chi connectivity index (χ2n) is 3.89. The van der Waals surface area contributed by atoms with Crippen LogP contribution >= 0.6 is 11.6 Å². The molecule has 0 spiro atoms. The third-order valence-corrected chi connectivity index (χ3v) is 3.08. The molecule has 0 aliphatic carbocycles. The van der Waals surface area contributed by atoms with Crippen LogP contribution in [-0.4, -0.2) is 20.3 Å². The van der Waals surface area contributed by atoms with Crippen molar-refractivity contribution in [1.29, 1.82) is 0 Å². The maximum Gasteiger partial charge on any atom is 0.193 e. The SMILES string of the molecule is CNC(c1ccc(Cl)o1)C1CCCOC1. The van der Waals surface area contributed by atoms with Gasteiger partial charge < -0.3 is 14.5 Å². The molecular formula is C11H16ClNO2. The van der Waals surface area contributed by atoms with Crippen molar-refractivity contribution in [1.82, 2.24) is 5.32 Å². The van der Waals surface area contributed by atoms with Crippen molar-refractivity contribution in [2.45, 2.75) is 18.9 Å². The molecule has 0 amide bonds. The molecule has 0 bridgehead atoms. The fourth-order valence-corrected chi connectivity index (χ4v) is 2.29. The Hall–Kier alpha value is -0.510. The number of hydrogen-bond donors (Lipinski definition) is 1. The topological polar surface area (TPSA) is 34.4 Å². The molecule has 0 saturated carbocycles. The Morgan fingerprint density at radius 1 is 1.53 bits per heavy atom. The summed E-state index contributed by atoms with van der Waals surface area (Å²) < 4.78 is 10.9. The van der Waals surface area contributed by atoms with Gasteiger partial charge in [0.05, 0.1) is 12.6 Å². The normalized spacial score (nSPS) is 24.0. The highest BCUT2D eigenvalue weighted by molar-refractivity contribution is 6.28. The second kappa shape index (κ2) is 5.01. The van der Waals surface area contributed by atoms with Gasteiger partial charge in [0, 0.05) is 12.5 Å². The van der Waals surface area contributed by atoms with Crippen LogP contribution in [0.1, 0.15) is 24.6 Å². The molecule has 1 aromatic heterocycles. The number of nitrogens with one attached hydrogen (secondary N) is 1. The largest absolute Gasteiger partial charge is 0.448 e. The molecule has 1 fully saturated rings. The van der Waals surface area contributed by atoms with Gasteiger partial charge in [-0.1, -0.05) is 0 Å². The van der Waals surface area contributed by atoms with Gasteiger partial charge in [0.2, 0.25) is 0 Å². The van der Waals surface area contributed by atoms with Gasteiger partial charge in [-0.3, -0.25) is 0 Å². The minimum absolute atomic E-state index is 0.206. The molecule has 1 aliphatic heterocycles. The summed E-state index contributed by atoms with van der Waals surface area (Å²) in [5.74, 6) is 1.38. The third kappa shape index (κ3) is 2.54. The first-order valence-electron chi connectivity index (χ1n) is 5.31. The van der Waals surface area contributed by atoms with Crippen molar-refractivity contribution >= 4 is 11.6 Å². The summed E-state index contributed by atoms with van der Waals surface area (Å²) in [6, 6.07) is 3.92. The van der Waals surface area contributed by atoms with Crippen LogP contribution in [0.3, 0.4) is 0 Å². The lowest BCUT2D eigenvalue weighted by molar-refractivity contribution is 0.0369. The highest BCUT2D eigenvalue weighted by atomic mass is 35.5. The van der Waals surface area contributed by atoms with E-state index in [1.807, 2.05) is 13.1 Å². The second-order valence-corrected chi connectivity index (χ2v) is 4.26. The molecule has 0 radical (unpaired) electrons. The van der Waals surface area contributed by atoms with Gasteiger partial charge in [-0.25, -0.2) is 0 Å².